The maximum atomic E-state index is 11.7. The molecule has 112 valence electrons. The molecule has 0 bridgehead atoms. The SMILES string of the molecule is Cc1cc(CNC2CCCS(=O)(=O)C2)c2ccccc2n1. The van der Waals surface area contributed by atoms with Crippen LogP contribution in [0.3, 0.4) is 0 Å². The van der Waals surface area contributed by atoms with E-state index in [2.05, 4.69) is 22.4 Å². The fourth-order valence-electron chi connectivity index (χ4n) is 2.98. The number of aryl methyl sites for hydroxylation is 1. The smallest absolute Gasteiger partial charge is 0.151 e. The summed E-state index contributed by atoms with van der Waals surface area (Å²) in [6.45, 7) is 2.67. The van der Waals surface area contributed by atoms with Crippen LogP contribution in [0.4, 0.5) is 0 Å². The lowest BCUT2D eigenvalue weighted by Crippen LogP contribution is -2.39. The second-order valence-electron chi connectivity index (χ2n) is 5.77. The number of para-hydroxylation sites is 1. The molecule has 1 aromatic carbocycles. The number of hydrogen-bond acceptors (Lipinski definition) is 4. The molecule has 2 heterocycles. The molecule has 1 saturated heterocycles. The molecule has 1 atom stereocenters. The number of sulfone groups is 1. The van der Waals surface area contributed by atoms with Crippen LogP contribution in [0.15, 0.2) is 30.3 Å². The zero-order valence-corrected chi connectivity index (χ0v) is 13.0. The number of aromatic nitrogens is 1. The van der Waals surface area contributed by atoms with E-state index in [1.807, 2.05) is 25.1 Å². The van der Waals surface area contributed by atoms with Crippen molar-refractivity contribution in [1.29, 1.82) is 0 Å². The number of rotatable bonds is 3. The highest BCUT2D eigenvalue weighted by atomic mass is 32.2. The van der Waals surface area contributed by atoms with Gasteiger partial charge in [0.05, 0.1) is 17.0 Å². The molecule has 5 heteroatoms. The second-order valence-corrected chi connectivity index (χ2v) is 8.00. The molecule has 0 amide bonds. The molecule has 0 saturated carbocycles. The van der Waals surface area contributed by atoms with Crippen molar-refractivity contribution < 1.29 is 8.42 Å². The van der Waals surface area contributed by atoms with Gasteiger partial charge >= 0.3 is 0 Å². The third-order valence-corrected chi connectivity index (χ3v) is 5.80. The third kappa shape index (κ3) is 3.41. The summed E-state index contributed by atoms with van der Waals surface area (Å²) in [4.78, 5) is 4.53. The Hall–Kier alpha value is -1.46. The summed E-state index contributed by atoms with van der Waals surface area (Å²) in [5.41, 5.74) is 3.16. The summed E-state index contributed by atoms with van der Waals surface area (Å²) in [6, 6.07) is 10.2. The zero-order valence-electron chi connectivity index (χ0n) is 12.2. The van der Waals surface area contributed by atoms with Gasteiger partial charge in [0.1, 0.15) is 0 Å². The predicted octanol–water partition coefficient (Wildman–Crippen LogP) is 2.21. The largest absolute Gasteiger partial charge is 0.309 e. The summed E-state index contributed by atoms with van der Waals surface area (Å²) in [5.74, 6) is 0.595. The molecule has 4 nitrogen and oxygen atoms in total. The van der Waals surface area contributed by atoms with Crippen LogP contribution in [0.2, 0.25) is 0 Å². The van der Waals surface area contributed by atoms with Gasteiger partial charge in [-0.15, -0.1) is 0 Å². The summed E-state index contributed by atoms with van der Waals surface area (Å²) < 4.78 is 23.4. The average molecular weight is 304 g/mol. The number of nitrogens with one attached hydrogen (secondary N) is 1. The van der Waals surface area contributed by atoms with E-state index in [1.165, 1.54) is 5.56 Å². The van der Waals surface area contributed by atoms with Crippen molar-refractivity contribution in [3.63, 3.8) is 0 Å². The van der Waals surface area contributed by atoms with Crippen molar-refractivity contribution in [2.75, 3.05) is 11.5 Å². The van der Waals surface area contributed by atoms with E-state index in [0.29, 0.717) is 12.3 Å². The first-order valence-electron chi connectivity index (χ1n) is 7.32. The van der Waals surface area contributed by atoms with E-state index in [-0.39, 0.29) is 11.8 Å². The normalized spacial score (nSPS) is 21.5. The minimum absolute atomic E-state index is 0.0657. The fourth-order valence-corrected chi connectivity index (χ4v) is 4.65. The van der Waals surface area contributed by atoms with Gasteiger partial charge in [0.15, 0.2) is 9.84 Å². The Morgan fingerprint density at radius 3 is 2.95 bits per heavy atom. The van der Waals surface area contributed by atoms with Gasteiger partial charge in [-0.1, -0.05) is 18.2 Å². The van der Waals surface area contributed by atoms with Crippen LogP contribution >= 0.6 is 0 Å². The van der Waals surface area contributed by atoms with E-state index in [0.717, 1.165) is 29.4 Å². The van der Waals surface area contributed by atoms with Crippen molar-refractivity contribution >= 4 is 20.7 Å². The summed E-state index contributed by atoms with van der Waals surface area (Å²) in [6.07, 6.45) is 1.69. The van der Waals surface area contributed by atoms with Crippen LogP contribution in [0.5, 0.6) is 0 Å². The van der Waals surface area contributed by atoms with Crippen LogP contribution in [0, 0.1) is 6.92 Å². The Bertz CT molecular complexity index is 756. The molecule has 1 aliphatic rings. The molecule has 2 aromatic rings. The monoisotopic (exact) mass is 304 g/mol. The van der Waals surface area contributed by atoms with Crippen LogP contribution in [0.25, 0.3) is 10.9 Å². The van der Waals surface area contributed by atoms with E-state index < -0.39 is 9.84 Å². The molecular weight excluding hydrogens is 284 g/mol. The molecule has 0 spiro atoms. The topological polar surface area (TPSA) is 59.1 Å². The lowest BCUT2D eigenvalue weighted by Gasteiger charge is -2.23. The molecule has 21 heavy (non-hydrogen) atoms. The molecule has 1 aliphatic heterocycles. The van der Waals surface area contributed by atoms with E-state index >= 15 is 0 Å². The van der Waals surface area contributed by atoms with Gasteiger partial charge in [-0.05, 0) is 37.5 Å². The first kappa shape index (κ1) is 14.5. The summed E-state index contributed by atoms with van der Waals surface area (Å²) >= 11 is 0. The van der Waals surface area contributed by atoms with E-state index in [1.54, 1.807) is 0 Å². The first-order chi connectivity index (χ1) is 10.0. The van der Waals surface area contributed by atoms with Gasteiger partial charge in [0, 0.05) is 23.7 Å². The van der Waals surface area contributed by atoms with Crippen molar-refractivity contribution in [2.24, 2.45) is 0 Å². The molecular formula is C16H20N2O2S. The van der Waals surface area contributed by atoms with Crippen LogP contribution in [0.1, 0.15) is 24.1 Å². The summed E-state index contributed by atoms with van der Waals surface area (Å²) in [5, 5.41) is 4.54. The van der Waals surface area contributed by atoms with E-state index in [9.17, 15) is 8.42 Å². The first-order valence-corrected chi connectivity index (χ1v) is 9.15. The second kappa shape index (κ2) is 5.73. The van der Waals surface area contributed by atoms with Gasteiger partial charge < -0.3 is 5.32 Å². The molecule has 1 N–H and O–H groups in total. The average Bonchev–Trinajstić information content (AvgIpc) is 2.43. The molecule has 1 aromatic heterocycles. The van der Waals surface area contributed by atoms with Gasteiger partial charge in [-0.3, -0.25) is 4.98 Å². The number of pyridine rings is 1. The van der Waals surface area contributed by atoms with Crippen molar-refractivity contribution in [3.8, 4) is 0 Å². The van der Waals surface area contributed by atoms with Crippen molar-refractivity contribution in [1.82, 2.24) is 10.3 Å². The Morgan fingerprint density at radius 1 is 1.33 bits per heavy atom. The Kier molecular flexibility index (Phi) is 3.95. The molecule has 3 rings (SSSR count). The lowest BCUT2D eigenvalue weighted by atomic mass is 10.1. The van der Waals surface area contributed by atoms with E-state index in [4.69, 9.17) is 0 Å². The van der Waals surface area contributed by atoms with Crippen molar-refractivity contribution in [2.45, 2.75) is 32.4 Å². The minimum Gasteiger partial charge on any atom is -0.309 e. The number of hydrogen-bond donors (Lipinski definition) is 1. The predicted molar refractivity (Wildman–Crippen MR) is 85.0 cm³/mol. The highest BCUT2D eigenvalue weighted by Crippen LogP contribution is 2.19. The highest BCUT2D eigenvalue weighted by molar-refractivity contribution is 7.91. The molecule has 1 fully saturated rings. The highest BCUT2D eigenvalue weighted by Gasteiger charge is 2.24. The van der Waals surface area contributed by atoms with Crippen LogP contribution < -0.4 is 5.32 Å². The van der Waals surface area contributed by atoms with Gasteiger partial charge in [0.25, 0.3) is 0 Å². The molecule has 1 unspecified atom stereocenters. The maximum Gasteiger partial charge on any atom is 0.151 e. The molecule has 0 aliphatic carbocycles. The standard InChI is InChI=1S/C16H20N2O2S/c1-12-9-13(15-6-2-3-7-16(15)18-12)10-17-14-5-4-8-21(19,20)11-14/h2-3,6-7,9,14,17H,4-5,8,10-11H2,1H3. The lowest BCUT2D eigenvalue weighted by molar-refractivity contribution is 0.481. The van der Waals surface area contributed by atoms with Gasteiger partial charge in [-0.25, -0.2) is 8.42 Å². The number of fused-ring (bicyclic) bond motifs is 1. The third-order valence-electron chi connectivity index (χ3n) is 3.97. The molecule has 0 radical (unpaired) electrons. The Morgan fingerprint density at radius 2 is 2.14 bits per heavy atom. The van der Waals surface area contributed by atoms with Gasteiger partial charge in [0.2, 0.25) is 0 Å². The number of benzene rings is 1. The zero-order chi connectivity index (χ0) is 14.9. The fraction of sp³-hybridized carbons (Fsp3) is 0.438. The Balaban J connectivity index is 1.79. The Labute approximate surface area is 125 Å². The van der Waals surface area contributed by atoms with Crippen LogP contribution in [-0.2, 0) is 16.4 Å². The maximum absolute atomic E-state index is 11.7. The quantitative estimate of drug-likeness (QED) is 0.944. The number of nitrogens with zero attached hydrogens (tertiary/aromatic N) is 1. The van der Waals surface area contributed by atoms with Crippen molar-refractivity contribution in [3.05, 3.63) is 41.6 Å². The van der Waals surface area contributed by atoms with Gasteiger partial charge in [-0.2, -0.15) is 0 Å². The van der Waals surface area contributed by atoms with Crippen LogP contribution in [-0.4, -0.2) is 30.9 Å². The summed E-state index contributed by atoms with van der Waals surface area (Å²) in [7, 11) is -2.86. The minimum atomic E-state index is -2.86.